The maximum absolute atomic E-state index is 12.9. The lowest BCUT2D eigenvalue weighted by molar-refractivity contribution is 0.103. The van der Waals surface area contributed by atoms with Crippen LogP contribution in [-0.2, 0) is 0 Å². The van der Waals surface area contributed by atoms with Crippen LogP contribution in [0.5, 0.6) is 0 Å². The molecule has 0 amide bonds. The van der Waals surface area contributed by atoms with Gasteiger partial charge in [0.1, 0.15) is 0 Å². The Labute approximate surface area is 92.8 Å². The second-order valence-corrected chi connectivity index (χ2v) is 3.57. The zero-order valence-electron chi connectivity index (χ0n) is 8.77. The van der Waals surface area contributed by atoms with Gasteiger partial charge in [0, 0.05) is 23.4 Å². The summed E-state index contributed by atoms with van der Waals surface area (Å²) in [6, 6.07) is 9.86. The van der Waals surface area contributed by atoms with E-state index in [1.54, 1.807) is 18.2 Å². The molecule has 0 fully saturated rings. The summed E-state index contributed by atoms with van der Waals surface area (Å²) in [5, 5.41) is 0. The number of rotatable bonds is 2. The van der Waals surface area contributed by atoms with Gasteiger partial charge >= 0.3 is 0 Å². The molecule has 0 saturated carbocycles. The van der Waals surface area contributed by atoms with Crippen molar-refractivity contribution in [2.24, 2.45) is 0 Å². The Morgan fingerprint density at radius 2 is 1.94 bits per heavy atom. The molecule has 0 bridgehead atoms. The molecule has 0 N–H and O–H groups in total. The van der Waals surface area contributed by atoms with Crippen molar-refractivity contribution in [1.29, 1.82) is 0 Å². The van der Waals surface area contributed by atoms with Crippen LogP contribution in [0.15, 0.2) is 42.6 Å². The van der Waals surface area contributed by atoms with Crippen LogP contribution >= 0.6 is 0 Å². The highest BCUT2D eigenvalue weighted by atomic mass is 19.1. The van der Waals surface area contributed by atoms with Gasteiger partial charge in [0.05, 0.1) is 0 Å². The number of carbonyl (C=O) groups is 1. The Kier molecular flexibility index (Phi) is 2.77. The Morgan fingerprint density at radius 1 is 1.19 bits per heavy atom. The fourth-order valence-electron chi connectivity index (χ4n) is 1.50. The molecule has 2 rings (SSSR count). The van der Waals surface area contributed by atoms with E-state index >= 15 is 0 Å². The van der Waals surface area contributed by atoms with E-state index in [4.69, 9.17) is 0 Å². The maximum Gasteiger partial charge on any atom is 0.213 e. The first-order chi connectivity index (χ1) is 7.66. The van der Waals surface area contributed by atoms with E-state index in [0.29, 0.717) is 11.1 Å². The van der Waals surface area contributed by atoms with Gasteiger partial charge in [-0.15, -0.1) is 0 Å². The van der Waals surface area contributed by atoms with Crippen LogP contribution in [0.1, 0.15) is 21.5 Å². The molecule has 0 saturated heterocycles. The van der Waals surface area contributed by atoms with E-state index in [-0.39, 0.29) is 5.78 Å². The summed E-state index contributed by atoms with van der Waals surface area (Å²) in [5.74, 6) is -0.830. The fraction of sp³-hybridized carbons (Fsp3) is 0.0769. The molecule has 0 spiro atoms. The predicted octanol–water partition coefficient (Wildman–Crippen LogP) is 2.76. The molecule has 2 aromatic rings. The summed E-state index contributed by atoms with van der Waals surface area (Å²) >= 11 is 0. The van der Waals surface area contributed by atoms with Gasteiger partial charge in [0.25, 0.3) is 0 Å². The quantitative estimate of drug-likeness (QED) is 0.569. The second kappa shape index (κ2) is 4.23. The van der Waals surface area contributed by atoms with Crippen LogP contribution in [-0.4, -0.2) is 10.8 Å². The number of hydrogen-bond donors (Lipinski definition) is 0. The smallest absolute Gasteiger partial charge is 0.213 e. The fourth-order valence-corrected chi connectivity index (χ4v) is 1.50. The van der Waals surface area contributed by atoms with Gasteiger partial charge in [0.2, 0.25) is 5.95 Å². The van der Waals surface area contributed by atoms with E-state index in [9.17, 15) is 9.18 Å². The summed E-state index contributed by atoms with van der Waals surface area (Å²) in [7, 11) is 0. The number of ketones is 1. The minimum absolute atomic E-state index is 0.190. The van der Waals surface area contributed by atoms with Gasteiger partial charge in [-0.2, -0.15) is 4.39 Å². The van der Waals surface area contributed by atoms with Gasteiger partial charge in [-0.05, 0) is 19.1 Å². The summed E-state index contributed by atoms with van der Waals surface area (Å²) < 4.78 is 12.9. The molecule has 3 heteroatoms. The van der Waals surface area contributed by atoms with E-state index < -0.39 is 5.95 Å². The summed E-state index contributed by atoms with van der Waals surface area (Å²) in [4.78, 5) is 15.4. The molecule has 2 nitrogen and oxygen atoms in total. The molecule has 1 aromatic heterocycles. The highest BCUT2D eigenvalue weighted by molar-refractivity contribution is 6.08. The van der Waals surface area contributed by atoms with Gasteiger partial charge in [0.15, 0.2) is 5.78 Å². The number of nitrogens with zero attached hydrogens (tertiary/aromatic N) is 1. The van der Waals surface area contributed by atoms with Crippen molar-refractivity contribution < 1.29 is 9.18 Å². The minimum Gasteiger partial charge on any atom is -0.289 e. The van der Waals surface area contributed by atoms with Crippen LogP contribution in [0.2, 0.25) is 0 Å². The largest absolute Gasteiger partial charge is 0.289 e. The Balaban J connectivity index is 2.39. The van der Waals surface area contributed by atoms with Crippen molar-refractivity contribution in [3.05, 3.63) is 65.2 Å². The SMILES string of the molecule is Cc1cccc(C(=O)c2ccnc(F)c2)c1. The number of hydrogen-bond acceptors (Lipinski definition) is 2. The highest BCUT2D eigenvalue weighted by Crippen LogP contribution is 2.11. The first kappa shape index (κ1) is 10.5. The number of carbonyl (C=O) groups excluding carboxylic acids is 1. The van der Waals surface area contributed by atoms with Crippen LogP contribution in [0.25, 0.3) is 0 Å². The van der Waals surface area contributed by atoms with E-state index in [2.05, 4.69) is 4.98 Å². The first-order valence-electron chi connectivity index (χ1n) is 4.90. The van der Waals surface area contributed by atoms with Gasteiger partial charge in [-0.25, -0.2) is 4.98 Å². The number of benzene rings is 1. The molecule has 0 unspecified atom stereocenters. The van der Waals surface area contributed by atoms with Gasteiger partial charge in [-0.1, -0.05) is 23.8 Å². The van der Waals surface area contributed by atoms with Gasteiger partial charge in [-0.3, -0.25) is 4.79 Å². The molecule has 0 aliphatic carbocycles. The maximum atomic E-state index is 12.9. The van der Waals surface area contributed by atoms with Crippen molar-refractivity contribution >= 4 is 5.78 Å². The zero-order valence-corrected chi connectivity index (χ0v) is 8.77. The van der Waals surface area contributed by atoms with Gasteiger partial charge < -0.3 is 0 Å². The zero-order chi connectivity index (χ0) is 11.5. The average Bonchev–Trinajstić information content (AvgIpc) is 2.28. The van der Waals surface area contributed by atoms with Crippen molar-refractivity contribution in [3.8, 4) is 0 Å². The number of aromatic nitrogens is 1. The van der Waals surface area contributed by atoms with E-state index in [1.807, 2.05) is 13.0 Å². The molecule has 80 valence electrons. The van der Waals surface area contributed by atoms with Crippen LogP contribution in [0.3, 0.4) is 0 Å². The molecule has 0 atom stereocenters. The molecular weight excluding hydrogens is 205 g/mol. The van der Waals surface area contributed by atoms with Crippen molar-refractivity contribution in [3.63, 3.8) is 0 Å². The third kappa shape index (κ3) is 2.14. The predicted molar refractivity (Wildman–Crippen MR) is 58.8 cm³/mol. The molecule has 16 heavy (non-hydrogen) atoms. The lowest BCUT2D eigenvalue weighted by Gasteiger charge is -2.01. The summed E-state index contributed by atoms with van der Waals surface area (Å²) in [6.45, 7) is 1.91. The Morgan fingerprint density at radius 3 is 2.62 bits per heavy atom. The van der Waals surface area contributed by atoms with E-state index in [1.165, 1.54) is 12.3 Å². The molecule has 0 aliphatic rings. The third-order valence-corrected chi connectivity index (χ3v) is 2.27. The lowest BCUT2D eigenvalue weighted by Crippen LogP contribution is -2.02. The topological polar surface area (TPSA) is 30.0 Å². The van der Waals surface area contributed by atoms with Crippen molar-refractivity contribution in [1.82, 2.24) is 4.98 Å². The first-order valence-corrected chi connectivity index (χ1v) is 4.90. The summed E-state index contributed by atoms with van der Waals surface area (Å²) in [6.07, 6.45) is 1.29. The van der Waals surface area contributed by atoms with E-state index in [0.717, 1.165) is 11.6 Å². The number of halogens is 1. The third-order valence-electron chi connectivity index (χ3n) is 2.27. The standard InChI is InChI=1S/C13H10FNO/c1-9-3-2-4-10(7-9)13(16)11-5-6-15-12(14)8-11/h2-8H,1H3. The van der Waals surface area contributed by atoms with Crippen molar-refractivity contribution in [2.75, 3.05) is 0 Å². The van der Waals surface area contributed by atoms with Crippen LogP contribution < -0.4 is 0 Å². The minimum atomic E-state index is -0.640. The Hall–Kier alpha value is -2.03. The molecule has 0 radical (unpaired) electrons. The molecule has 1 aromatic carbocycles. The molecule has 0 aliphatic heterocycles. The van der Waals surface area contributed by atoms with Crippen LogP contribution in [0.4, 0.5) is 4.39 Å². The average molecular weight is 215 g/mol. The number of pyridine rings is 1. The Bertz CT molecular complexity index is 489. The van der Waals surface area contributed by atoms with Crippen LogP contribution in [0, 0.1) is 12.9 Å². The lowest BCUT2D eigenvalue weighted by atomic mass is 10.0. The molecular formula is C13H10FNO. The molecule has 1 heterocycles. The highest BCUT2D eigenvalue weighted by Gasteiger charge is 2.09. The normalized spacial score (nSPS) is 10.1. The summed E-state index contributed by atoms with van der Waals surface area (Å²) in [5.41, 5.74) is 1.88. The second-order valence-electron chi connectivity index (χ2n) is 3.57. The van der Waals surface area contributed by atoms with Crippen molar-refractivity contribution in [2.45, 2.75) is 6.92 Å². The number of aryl methyl sites for hydroxylation is 1. The monoisotopic (exact) mass is 215 g/mol.